The topological polar surface area (TPSA) is 53.4 Å². The summed E-state index contributed by atoms with van der Waals surface area (Å²) in [5.41, 5.74) is 0. The summed E-state index contributed by atoms with van der Waals surface area (Å²) in [6.07, 6.45) is 3.39. The van der Waals surface area contributed by atoms with Gasteiger partial charge in [-0.1, -0.05) is 0 Å². The third kappa shape index (κ3) is 2.22. The number of aliphatic carboxylic acids is 1. The lowest BCUT2D eigenvalue weighted by atomic mass is 10.2. The van der Waals surface area contributed by atoms with Gasteiger partial charge in [-0.25, -0.2) is 9.78 Å². The molecule has 1 aliphatic rings. The molecule has 1 saturated heterocycles. The third-order valence-corrected chi connectivity index (χ3v) is 3.18. The number of aromatic nitrogens is 1. The Balaban J connectivity index is 2.22. The van der Waals surface area contributed by atoms with E-state index < -0.39 is 12.0 Å². The summed E-state index contributed by atoms with van der Waals surface area (Å²) in [6, 6.07) is 3.42. The van der Waals surface area contributed by atoms with Gasteiger partial charge in [-0.3, -0.25) is 0 Å². The molecule has 0 amide bonds. The van der Waals surface area contributed by atoms with Crippen LogP contribution in [0.1, 0.15) is 12.8 Å². The van der Waals surface area contributed by atoms with Crippen LogP contribution in [0.2, 0.25) is 0 Å². The molecule has 0 saturated carbocycles. The van der Waals surface area contributed by atoms with E-state index in [0.717, 1.165) is 22.4 Å². The molecule has 1 aromatic heterocycles. The summed E-state index contributed by atoms with van der Waals surface area (Å²) >= 11 is 2.18. The molecule has 1 atom stereocenters. The van der Waals surface area contributed by atoms with E-state index in [4.69, 9.17) is 5.11 Å². The van der Waals surface area contributed by atoms with Crippen LogP contribution in [-0.2, 0) is 4.79 Å². The SMILES string of the molecule is O=C(O)C1CCCN1c1ccc(I)cn1. The minimum absolute atomic E-state index is 0.405. The fourth-order valence-electron chi connectivity index (χ4n) is 1.84. The van der Waals surface area contributed by atoms with Crippen molar-refractivity contribution in [1.82, 2.24) is 4.98 Å². The number of carboxylic acids is 1. The van der Waals surface area contributed by atoms with Gasteiger partial charge in [0, 0.05) is 16.3 Å². The number of carbonyl (C=O) groups is 1. The molecule has 0 radical (unpaired) electrons. The first-order valence-corrected chi connectivity index (χ1v) is 5.87. The van der Waals surface area contributed by atoms with Gasteiger partial charge < -0.3 is 10.0 Å². The van der Waals surface area contributed by atoms with Gasteiger partial charge >= 0.3 is 5.97 Å². The molecule has 1 aliphatic heterocycles. The zero-order valence-electron chi connectivity index (χ0n) is 8.06. The molecule has 2 rings (SSSR count). The van der Waals surface area contributed by atoms with E-state index in [9.17, 15) is 4.79 Å². The zero-order valence-corrected chi connectivity index (χ0v) is 10.2. The molecule has 0 aliphatic carbocycles. The van der Waals surface area contributed by atoms with Gasteiger partial charge in [0.2, 0.25) is 0 Å². The average Bonchev–Trinajstić information content (AvgIpc) is 2.67. The van der Waals surface area contributed by atoms with E-state index >= 15 is 0 Å². The highest BCUT2D eigenvalue weighted by Crippen LogP contribution is 2.24. The Labute approximate surface area is 101 Å². The van der Waals surface area contributed by atoms with Crippen molar-refractivity contribution in [3.8, 4) is 0 Å². The van der Waals surface area contributed by atoms with Crippen molar-refractivity contribution < 1.29 is 9.90 Å². The van der Waals surface area contributed by atoms with Crippen LogP contribution >= 0.6 is 22.6 Å². The quantitative estimate of drug-likeness (QED) is 0.844. The number of nitrogens with zero attached hydrogens (tertiary/aromatic N) is 2. The predicted octanol–water partition coefficient (Wildman–Crippen LogP) is 1.74. The van der Waals surface area contributed by atoms with Crippen LogP contribution < -0.4 is 4.90 Å². The number of hydrogen-bond donors (Lipinski definition) is 1. The largest absolute Gasteiger partial charge is 0.480 e. The summed E-state index contributed by atoms with van der Waals surface area (Å²) in [7, 11) is 0. The number of pyridine rings is 1. The van der Waals surface area contributed by atoms with Gasteiger partial charge in [0.25, 0.3) is 0 Å². The lowest BCUT2D eigenvalue weighted by Crippen LogP contribution is -2.36. The van der Waals surface area contributed by atoms with Gasteiger partial charge in [0.1, 0.15) is 11.9 Å². The molecule has 1 aromatic rings. The van der Waals surface area contributed by atoms with Crippen LogP contribution in [-0.4, -0.2) is 28.6 Å². The fraction of sp³-hybridized carbons (Fsp3) is 0.400. The highest BCUT2D eigenvalue weighted by molar-refractivity contribution is 14.1. The molecule has 0 bridgehead atoms. The second-order valence-electron chi connectivity index (χ2n) is 3.52. The highest BCUT2D eigenvalue weighted by Gasteiger charge is 2.31. The predicted molar refractivity (Wildman–Crippen MR) is 65.0 cm³/mol. The first kappa shape index (κ1) is 10.7. The second kappa shape index (κ2) is 4.34. The highest BCUT2D eigenvalue weighted by atomic mass is 127. The van der Waals surface area contributed by atoms with Crippen LogP contribution in [0.5, 0.6) is 0 Å². The van der Waals surface area contributed by atoms with E-state index in [-0.39, 0.29) is 0 Å². The normalized spacial score (nSPS) is 20.6. The first-order valence-electron chi connectivity index (χ1n) is 4.79. The maximum atomic E-state index is 11.0. The monoisotopic (exact) mass is 318 g/mol. The molecule has 1 fully saturated rings. The van der Waals surface area contributed by atoms with E-state index in [1.807, 2.05) is 17.0 Å². The maximum absolute atomic E-state index is 11.0. The van der Waals surface area contributed by atoms with E-state index in [1.165, 1.54) is 0 Å². The summed E-state index contributed by atoms with van der Waals surface area (Å²) in [5, 5.41) is 9.03. The standard InChI is InChI=1S/C10H11IN2O2/c11-7-3-4-9(12-6-7)13-5-1-2-8(13)10(14)15/h3-4,6,8H,1-2,5H2,(H,14,15). The third-order valence-electron chi connectivity index (χ3n) is 2.54. The number of anilines is 1. The maximum Gasteiger partial charge on any atom is 0.326 e. The molecule has 0 spiro atoms. The summed E-state index contributed by atoms with van der Waals surface area (Å²) in [6.45, 7) is 0.782. The molecule has 4 nitrogen and oxygen atoms in total. The lowest BCUT2D eigenvalue weighted by molar-refractivity contribution is -0.138. The smallest absolute Gasteiger partial charge is 0.326 e. The molecular formula is C10H11IN2O2. The molecule has 15 heavy (non-hydrogen) atoms. The van der Waals surface area contributed by atoms with Crippen molar-refractivity contribution in [1.29, 1.82) is 0 Å². The van der Waals surface area contributed by atoms with Gasteiger partial charge in [-0.05, 0) is 47.6 Å². The van der Waals surface area contributed by atoms with Crippen molar-refractivity contribution in [3.63, 3.8) is 0 Å². The fourth-order valence-corrected chi connectivity index (χ4v) is 2.15. The second-order valence-corrected chi connectivity index (χ2v) is 4.77. The lowest BCUT2D eigenvalue weighted by Gasteiger charge is -2.22. The number of carboxylic acid groups (broad SMARTS) is 1. The number of rotatable bonds is 2. The minimum Gasteiger partial charge on any atom is -0.480 e. The van der Waals surface area contributed by atoms with Crippen molar-refractivity contribution in [2.45, 2.75) is 18.9 Å². The average molecular weight is 318 g/mol. The van der Waals surface area contributed by atoms with Crippen LogP contribution in [0.3, 0.4) is 0 Å². The van der Waals surface area contributed by atoms with Gasteiger partial charge in [0.05, 0.1) is 0 Å². The molecule has 0 aromatic carbocycles. The van der Waals surface area contributed by atoms with Gasteiger partial charge in [-0.15, -0.1) is 0 Å². The summed E-state index contributed by atoms with van der Waals surface area (Å²) < 4.78 is 1.06. The minimum atomic E-state index is -0.757. The molecular weight excluding hydrogens is 307 g/mol. The van der Waals surface area contributed by atoms with E-state index in [0.29, 0.717) is 6.42 Å². The summed E-state index contributed by atoms with van der Waals surface area (Å²) in [5.74, 6) is 0.00756. The molecule has 1 unspecified atom stereocenters. The van der Waals surface area contributed by atoms with Crippen molar-refractivity contribution in [2.75, 3.05) is 11.4 Å². The first-order chi connectivity index (χ1) is 7.18. The molecule has 1 N–H and O–H groups in total. The van der Waals surface area contributed by atoms with Crippen molar-refractivity contribution >= 4 is 34.4 Å². The zero-order chi connectivity index (χ0) is 10.8. The summed E-state index contributed by atoms with van der Waals surface area (Å²) in [4.78, 5) is 17.1. The molecule has 80 valence electrons. The van der Waals surface area contributed by atoms with Crippen LogP contribution in [0.25, 0.3) is 0 Å². The molecule has 5 heteroatoms. The Bertz CT molecular complexity index is 366. The van der Waals surface area contributed by atoms with Crippen LogP contribution in [0.4, 0.5) is 5.82 Å². The van der Waals surface area contributed by atoms with E-state index in [2.05, 4.69) is 27.6 Å². The Morgan fingerprint density at radius 1 is 1.60 bits per heavy atom. The van der Waals surface area contributed by atoms with Gasteiger partial charge in [-0.2, -0.15) is 0 Å². The Morgan fingerprint density at radius 2 is 2.40 bits per heavy atom. The van der Waals surface area contributed by atoms with E-state index in [1.54, 1.807) is 6.20 Å². The van der Waals surface area contributed by atoms with Gasteiger partial charge in [0.15, 0.2) is 0 Å². The van der Waals surface area contributed by atoms with Crippen LogP contribution in [0.15, 0.2) is 18.3 Å². The Kier molecular flexibility index (Phi) is 3.08. The Morgan fingerprint density at radius 3 is 3.00 bits per heavy atom. The molecule has 2 heterocycles. The van der Waals surface area contributed by atoms with Crippen molar-refractivity contribution in [3.05, 3.63) is 21.9 Å². The number of halogens is 1. The van der Waals surface area contributed by atoms with Crippen molar-refractivity contribution in [2.24, 2.45) is 0 Å². The van der Waals surface area contributed by atoms with Crippen LogP contribution in [0, 0.1) is 3.57 Å². The Hall–Kier alpha value is -0.850. The number of hydrogen-bond acceptors (Lipinski definition) is 3.